The van der Waals surface area contributed by atoms with E-state index in [1.807, 2.05) is 0 Å². The Morgan fingerprint density at radius 1 is 1.25 bits per heavy atom. The minimum absolute atomic E-state index is 0.151. The summed E-state index contributed by atoms with van der Waals surface area (Å²) in [4.78, 5) is 34.0. The lowest BCUT2D eigenvalue weighted by molar-refractivity contribution is 0.130. The van der Waals surface area contributed by atoms with Crippen LogP contribution in [0.4, 0.5) is 25.4 Å². The van der Waals surface area contributed by atoms with Crippen LogP contribution in [0.1, 0.15) is 13.8 Å². The van der Waals surface area contributed by atoms with E-state index in [2.05, 4.69) is 26.7 Å². The molecule has 0 aliphatic carbocycles. The summed E-state index contributed by atoms with van der Waals surface area (Å²) < 4.78 is 21.1. The molecule has 2 aromatic heterocycles. The Balaban J connectivity index is 1.53. The van der Waals surface area contributed by atoms with Gasteiger partial charge in [-0.15, -0.1) is 0 Å². The Bertz CT molecular complexity index is 1230. The summed E-state index contributed by atoms with van der Waals surface area (Å²) in [6.07, 6.45) is 3.69. The number of aromatic nitrogens is 3. The number of imidazole rings is 1. The first-order valence-corrected chi connectivity index (χ1v) is 9.90. The number of nitrogens with one attached hydrogen (secondary N) is 2. The van der Waals surface area contributed by atoms with Gasteiger partial charge in [0.1, 0.15) is 5.82 Å². The van der Waals surface area contributed by atoms with Gasteiger partial charge in [0, 0.05) is 36.7 Å². The van der Waals surface area contributed by atoms with E-state index in [0.717, 1.165) is 0 Å². The number of rotatable bonds is 4. The van der Waals surface area contributed by atoms with E-state index in [-0.39, 0.29) is 23.6 Å². The highest BCUT2D eigenvalue weighted by molar-refractivity contribution is 5.90. The summed E-state index contributed by atoms with van der Waals surface area (Å²) in [5, 5.41) is 14.1. The molecule has 164 valence electrons. The van der Waals surface area contributed by atoms with Crippen LogP contribution in [-0.2, 0) is 4.74 Å². The van der Waals surface area contributed by atoms with Crippen molar-refractivity contribution in [1.82, 2.24) is 19.3 Å². The van der Waals surface area contributed by atoms with Crippen molar-refractivity contribution in [1.29, 1.82) is 5.26 Å². The number of nitriles is 1. The summed E-state index contributed by atoms with van der Waals surface area (Å²) >= 11 is 0. The molecule has 3 amide bonds. The van der Waals surface area contributed by atoms with Crippen molar-refractivity contribution in [2.75, 3.05) is 23.7 Å². The molecule has 0 atom stereocenters. The molecule has 3 aromatic rings. The first-order valence-electron chi connectivity index (χ1n) is 9.90. The van der Waals surface area contributed by atoms with Gasteiger partial charge in [-0.2, -0.15) is 5.26 Å². The molecule has 3 heterocycles. The Kier molecular flexibility index (Phi) is 5.59. The number of carbonyl (C=O) groups excluding carboxylic acids is 2. The highest BCUT2D eigenvalue weighted by atomic mass is 19.1. The van der Waals surface area contributed by atoms with E-state index >= 15 is 0 Å². The zero-order valence-electron chi connectivity index (χ0n) is 17.4. The van der Waals surface area contributed by atoms with Crippen molar-refractivity contribution < 1.29 is 18.7 Å². The molecular formula is C21H20FN7O3. The third kappa shape index (κ3) is 4.44. The maximum absolute atomic E-state index is 14.5. The monoisotopic (exact) mass is 437 g/mol. The van der Waals surface area contributed by atoms with Gasteiger partial charge in [-0.05, 0) is 32.0 Å². The van der Waals surface area contributed by atoms with Gasteiger partial charge in [0.25, 0.3) is 0 Å². The minimum atomic E-state index is -0.612. The Morgan fingerprint density at radius 2 is 2.03 bits per heavy atom. The van der Waals surface area contributed by atoms with Gasteiger partial charge >= 0.3 is 12.1 Å². The van der Waals surface area contributed by atoms with Gasteiger partial charge in [0.05, 0.1) is 35.7 Å². The predicted molar refractivity (Wildman–Crippen MR) is 113 cm³/mol. The van der Waals surface area contributed by atoms with Crippen LogP contribution in [0.25, 0.3) is 17.0 Å². The lowest BCUT2D eigenvalue weighted by Gasteiger charge is -2.35. The quantitative estimate of drug-likeness (QED) is 0.644. The normalized spacial score (nSPS) is 13.5. The van der Waals surface area contributed by atoms with E-state index < -0.39 is 11.9 Å². The molecule has 1 aliphatic heterocycles. The average Bonchev–Trinajstić information content (AvgIpc) is 3.11. The number of anilines is 2. The molecule has 0 spiro atoms. The van der Waals surface area contributed by atoms with E-state index in [1.54, 1.807) is 30.6 Å². The number of amides is 3. The molecule has 0 unspecified atom stereocenters. The smallest absolute Gasteiger partial charge is 0.411 e. The lowest BCUT2D eigenvalue weighted by atomic mass is 10.0. The fourth-order valence-electron chi connectivity index (χ4n) is 3.17. The number of carbonyl (C=O) groups is 2. The first-order chi connectivity index (χ1) is 15.3. The van der Waals surface area contributed by atoms with Crippen LogP contribution >= 0.6 is 0 Å². The van der Waals surface area contributed by atoms with E-state index in [0.29, 0.717) is 35.9 Å². The maximum Gasteiger partial charge on any atom is 0.411 e. The Labute approximate surface area is 182 Å². The molecule has 10 nitrogen and oxygen atoms in total. The molecule has 0 bridgehead atoms. The van der Waals surface area contributed by atoms with Gasteiger partial charge in [-0.1, -0.05) is 0 Å². The van der Waals surface area contributed by atoms with Crippen LogP contribution in [-0.4, -0.2) is 50.6 Å². The maximum atomic E-state index is 14.5. The molecule has 1 aliphatic rings. The summed E-state index contributed by atoms with van der Waals surface area (Å²) in [6.45, 7) is 4.22. The van der Waals surface area contributed by atoms with E-state index in [9.17, 15) is 14.0 Å². The number of halogens is 1. The number of benzene rings is 1. The van der Waals surface area contributed by atoms with Crippen LogP contribution in [0.5, 0.6) is 0 Å². The molecule has 11 heteroatoms. The van der Waals surface area contributed by atoms with Crippen LogP contribution in [0.2, 0.25) is 0 Å². The van der Waals surface area contributed by atoms with E-state index in [4.69, 9.17) is 10.00 Å². The Morgan fingerprint density at radius 3 is 2.75 bits per heavy atom. The first kappa shape index (κ1) is 21.0. The van der Waals surface area contributed by atoms with Crippen molar-refractivity contribution in [2.24, 2.45) is 5.92 Å². The van der Waals surface area contributed by atoms with Gasteiger partial charge in [-0.25, -0.2) is 23.9 Å². The summed E-state index contributed by atoms with van der Waals surface area (Å²) in [6, 6.07) is 5.93. The number of nitrogens with zero attached hydrogens (tertiary/aromatic N) is 5. The van der Waals surface area contributed by atoms with Crippen molar-refractivity contribution >= 4 is 29.3 Å². The fraction of sp³-hybridized carbons (Fsp3) is 0.286. The molecule has 1 aromatic carbocycles. The van der Waals surface area contributed by atoms with Gasteiger partial charge in [0.2, 0.25) is 5.78 Å². The van der Waals surface area contributed by atoms with Gasteiger partial charge < -0.3 is 15.0 Å². The van der Waals surface area contributed by atoms with Crippen LogP contribution in [0, 0.1) is 23.1 Å². The molecule has 0 saturated carbocycles. The molecule has 2 N–H and O–H groups in total. The second-order valence-corrected chi connectivity index (χ2v) is 7.61. The third-order valence-corrected chi connectivity index (χ3v) is 4.74. The van der Waals surface area contributed by atoms with Crippen LogP contribution in [0.3, 0.4) is 0 Å². The third-order valence-electron chi connectivity index (χ3n) is 4.74. The van der Waals surface area contributed by atoms with Crippen molar-refractivity contribution in [3.63, 3.8) is 0 Å². The number of fused-ring (bicyclic) bond motifs is 1. The molecular weight excluding hydrogens is 417 g/mol. The number of ether oxygens (including phenoxy) is 1. The molecule has 1 fully saturated rings. The number of hydrogen-bond acceptors (Lipinski definition) is 6. The number of hydrogen-bond donors (Lipinski definition) is 2. The number of likely N-dealkylation sites (tertiary alicyclic amines) is 1. The fourth-order valence-corrected chi connectivity index (χ4v) is 3.17. The van der Waals surface area contributed by atoms with Crippen LogP contribution in [0.15, 0.2) is 36.8 Å². The summed E-state index contributed by atoms with van der Waals surface area (Å²) in [5.41, 5.74) is 1.27. The second kappa shape index (κ2) is 8.50. The van der Waals surface area contributed by atoms with Crippen molar-refractivity contribution in [3.05, 3.63) is 42.6 Å². The predicted octanol–water partition coefficient (Wildman–Crippen LogP) is 3.48. The standard InChI is InChI=1S/C21H20FN7O3/c1-12(2)32-21(31)26-15-7-24-19-27-18(11-28(19)10-15)16-5-14(3-4-17(16)22)25-20(30)29-8-13(6-23)9-29/h3-5,7,10-13H,8-9H2,1-2H3,(H,25,30)(H,26,31). The van der Waals surface area contributed by atoms with Crippen molar-refractivity contribution in [3.8, 4) is 17.3 Å². The average molecular weight is 437 g/mol. The molecule has 1 saturated heterocycles. The Hall–Kier alpha value is -4.20. The largest absolute Gasteiger partial charge is 0.447 e. The van der Waals surface area contributed by atoms with Gasteiger partial charge in [-0.3, -0.25) is 9.72 Å². The van der Waals surface area contributed by atoms with E-state index in [1.165, 1.54) is 29.3 Å². The number of urea groups is 1. The summed E-state index contributed by atoms with van der Waals surface area (Å²) in [7, 11) is 0. The summed E-state index contributed by atoms with van der Waals surface area (Å²) in [5.74, 6) is -0.361. The zero-order chi connectivity index (χ0) is 22.8. The highest BCUT2D eigenvalue weighted by Gasteiger charge is 2.30. The van der Waals surface area contributed by atoms with Crippen LogP contribution < -0.4 is 10.6 Å². The lowest BCUT2D eigenvalue weighted by Crippen LogP contribution is -2.51. The molecule has 32 heavy (non-hydrogen) atoms. The highest BCUT2D eigenvalue weighted by Crippen LogP contribution is 2.26. The minimum Gasteiger partial charge on any atom is -0.447 e. The zero-order valence-corrected chi connectivity index (χ0v) is 17.4. The SMILES string of the molecule is CC(C)OC(=O)Nc1cnc2nc(-c3cc(NC(=O)N4CC(C#N)C4)ccc3F)cn2c1. The van der Waals surface area contributed by atoms with Crippen molar-refractivity contribution in [2.45, 2.75) is 20.0 Å². The second-order valence-electron chi connectivity index (χ2n) is 7.61. The molecule has 0 radical (unpaired) electrons. The van der Waals surface area contributed by atoms with Gasteiger partial charge in [0.15, 0.2) is 0 Å². The topological polar surface area (TPSA) is 125 Å². The molecule has 4 rings (SSSR count).